The average molecular weight is 570 g/mol. The van der Waals surface area contributed by atoms with Gasteiger partial charge in [0.2, 0.25) is 11.8 Å². The number of likely N-dealkylation sites (N-methyl/N-ethyl adjacent to an activating group) is 1. The molecular formula is C27H43N3O10. The summed E-state index contributed by atoms with van der Waals surface area (Å²) in [7, 11) is 1.45. The zero-order valence-corrected chi connectivity index (χ0v) is 23.8. The molecule has 1 aromatic carbocycles. The van der Waals surface area contributed by atoms with Crippen molar-refractivity contribution in [3.8, 4) is 12.5 Å². The molecule has 3 amide bonds. The lowest BCUT2D eigenvalue weighted by Crippen LogP contribution is -2.57. The molecule has 1 saturated heterocycles. The van der Waals surface area contributed by atoms with Crippen LogP contribution in [0.25, 0.3) is 0 Å². The van der Waals surface area contributed by atoms with Crippen LogP contribution in [0.2, 0.25) is 0 Å². The van der Waals surface area contributed by atoms with E-state index in [0.29, 0.717) is 11.3 Å². The van der Waals surface area contributed by atoms with Crippen LogP contribution in [0.15, 0.2) is 24.3 Å². The molecular weight excluding hydrogens is 526 g/mol. The second-order valence-electron chi connectivity index (χ2n) is 8.93. The number of hydrogen-bond donors (Lipinski definition) is 6. The van der Waals surface area contributed by atoms with E-state index >= 15 is 0 Å². The first kappa shape index (κ1) is 36.6. The molecule has 0 aliphatic carbocycles. The van der Waals surface area contributed by atoms with Crippen molar-refractivity contribution in [1.29, 1.82) is 0 Å². The predicted molar refractivity (Wildman–Crippen MR) is 146 cm³/mol. The van der Waals surface area contributed by atoms with Gasteiger partial charge in [-0.2, -0.15) is 0 Å². The zero-order valence-electron chi connectivity index (χ0n) is 23.8. The summed E-state index contributed by atoms with van der Waals surface area (Å²) in [6.45, 7) is 8.99. The van der Waals surface area contributed by atoms with Crippen molar-refractivity contribution in [3.63, 3.8) is 0 Å². The Morgan fingerprint density at radius 1 is 1.12 bits per heavy atom. The highest BCUT2D eigenvalue weighted by molar-refractivity contribution is 5.90. The maximum atomic E-state index is 12.2. The monoisotopic (exact) mass is 569 g/mol. The summed E-state index contributed by atoms with van der Waals surface area (Å²) in [6, 6.07) is 5.84. The lowest BCUT2D eigenvalue weighted by molar-refractivity contribution is -0.292. The third-order valence-corrected chi connectivity index (χ3v) is 5.65. The van der Waals surface area contributed by atoms with Crippen LogP contribution in [0.3, 0.4) is 0 Å². The summed E-state index contributed by atoms with van der Waals surface area (Å²) in [4.78, 5) is 37.2. The number of anilines is 1. The van der Waals surface area contributed by atoms with Gasteiger partial charge in [0.15, 0.2) is 6.29 Å². The fourth-order valence-electron chi connectivity index (χ4n) is 3.65. The zero-order chi connectivity index (χ0) is 31.0. The summed E-state index contributed by atoms with van der Waals surface area (Å²) in [5, 5.41) is 39.2. The van der Waals surface area contributed by atoms with Crippen molar-refractivity contribution in [2.24, 2.45) is 11.7 Å². The highest BCUT2D eigenvalue weighted by Gasteiger charge is 2.42. The number of hydrogen-bond acceptors (Lipinski definition) is 10. The van der Waals surface area contributed by atoms with Crippen LogP contribution in [0.4, 0.5) is 10.5 Å². The molecule has 40 heavy (non-hydrogen) atoms. The molecule has 1 aliphatic heterocycles. The van der Waals surface area contributed by atoms with Gasteiger partial charge in [-0.25, -0.2) is 4.79 Å². The smallest absolute Gasteiger partial charge is 0.410 e. The normalized spacial score (nSPS) is 22.3. The molecule has 1 aromatic rings. The Hall–Kier alpha value is -3.41. The molecule has 6 atom stereocenters. The van der Waals surface area contributed by atoms with Gasteiger partial charge in [0, 0.05) is 12.7 Å². The fourth-order valence-corrected chi connectivity index (χ4v) is 3.65. The number of benzene rings is 1. The summed E-state index contributed by atoms with van der Waals surface area (Å²) < 4.78 is 15.9. The molecule has 226 valence electrons. The number of aliphatic hydroxyl groups excluding tert-OH is 4. The predicted octanol–water partition coefficient (Wildman–Crippen LogP) is 0.913. The van der Waals surface area contributed by atoms with Gasteiger partial charge < -0.3 is 45.7 Å². The maximum absolute atomic E-state index is 12.2. The van der Waals surface area contributed by atoms with Crippen molar-refractivity contribution >= 4 is 23.6 Å². The first-order valence-corrected chi connectivity index (χ1v) is 12.8. The Balaban J connectivity index is 0.00000284. The molecule has 0 aromatic heterocycles. The van der Waals surface area contributed by atoms with Crippen molar-refractivity contribution in [2.45, 2.75) is 84.4 Å². The standard InChI is InChI=1S/C23H35N3O9.C2H2O.C2H6/c1-12(2)17(21(24)31)26(4)23(32)34-11-14-5-7-15(8-6-14)25-16(27)9-10-33-22-20(30)19(29)18(28)13(3)35-22;1-2-3;1-2/h5-8,12-13,17-20,22,28-30H,9-11H2,1-4H3,(H2,24,31)(H,25,27);1,3H;1-2H3/t13-,17+,18?,19+,20?,22-;;/m1../s1. The van der Waals surface area contributed by atoms with Crippen molar-refractivity contribution in [2.75, 3.05) is 19.0 Å². The molecule has 13 heteroatoms. The van der Waals surface area contributed by atoms with Gasteiger partial charge in [0.25, 0.3) is 0 Å². The third-order valence-electron chi connectivity index (χ3n) is 5.65. The van der Waals surface area contributed by atoms with E-state index in [2.05, 4.69) is 11.7 Å². The van der Waals surface area contributed by atoms with E-state index < -0.39 is 48.7 Å². The van der Waals surface area contributed by atoms with E-state index in [0.717, 1.165) is 0 Å². The number of terminal acetylenes is 1. The van der Waals surface area contributed by atoms with Crippen LogP contribution in [0.5, 0.6) is 0 Å². The minimum atomic E-state index is -1.43. The lowest BCUT2D eigenvalue weighted by atomic mass is 10.0. The Labute approximate surface area is 235 Å². The number of amides is 3. The molecule has 1 fully saturated rings. The number of nitrogens with one attached hydrogen (secondary N) is 1. The second-order valence-corrected chi connectivity index (χ2v) is 8.93. The van der Waals surface area contributed by atoms with E-state index in [4.69, 9.17) is 25.1 Å². The Morgan fingerprint density at radius 3 is 2.17 bits per heavy atom. The minimum absolute atomic E-state index is 0.0303. The van der Waals surface area contributed by atoms with E-state index in [1.54, 1.807) is 38.1 Å². The number of aliphatic hydroxyl groups is 4. The second kappa shape index (κ2) is 18.8. The highest BCUT2D eigenvalue weighted by Crippen LogP contribution is 2.22. The fraction of sp³-hybridized carbons (Fsp3) is 0.593. The maximum Gasteiger partial charge on any atom is 0.410 e. The van der Waals surface area contributed by atoms with Gasteiger partial charge in [-0.1, -0.05) is 46.3 Å². The Bertz CT molecular complexity index is 951. The van der Waals surface area contributed by atoms with Gasteiger partial charge in [-0.15, -0.1) is 0 Å². The number of primary amides is 1. The molecule has 13 nitrogen and oxygen atoms in total. The molecule has 0 bridgehead atoms. The summed E-state index contributed by atoms with van der Waals surface area (Å²) in [6.07, 6.45) is -1.27. The van der Waals surface area contributed by atoms with Crippen LogP contribution >= 0.6 is 0 Å². The van der Waals surface area contributed by atoms with Gasteiger partial charge >= 0.3 is 6.09 Å². The minimum Gasteiger partial charge on any atom is -0.462 e. The number of carbonyl (C=O) groups is 3. The van der Waals surface area contributed by atoms with E-state index in [1.807, 2.05) is 13.8 Å². The summed E-state index contributed by atoms with van der Waals surface area (Å²) >= 11 is 0. The molecule has 0 spiro atoms. The number of ether oxygens (including phenoxy) is 3. The molecule has 7 N–H and O–H groups in total. The first-order valence-electron chi connectivity index (χ1n) is 12.8. The van der Waals surface area contributed by atoms with E-state index in [1.165, 1.54) is 25.0 Å². The van der Waals surface area contributed by atoms with Crippen LogP contribution < -0.4 is 11.1 Å². The van der Waals surface area contributed by atoms with Crippen LogP contribution in [-0.2, 0) is 30.4 Å². The van der Waals surface area contributed by atoms with Crippen molar-refractivity contribution in [1.82, 2.24) is 4.90 Å². The summed E-state index contributed by atoms with van der Waals surface area (Å²) in [5.74, 6) is -1.13. The molecule has 0 saturated carbocycles. The van der Waals surface area contributed by atoms with Crippen molar-refractivity contribution < 1.29 is 49.0 Å². The number of carbonyl (C=O) groups excluding carboxylic acids is 3. The van der Waals surface area contributed by atoms with Gasteiger partial charge in [0.1, 0.15) is 37.1 Å². The molecule has 1 aliphatic rings. The summed E-state index contributed by atoms with van der Waals surface area (Å²) in [5.41, 5.74) is 6.55. The quantitative estimate of drug-likeness (QED) is 0.220. The Kier molecular flexibility index (Phi) is 17.2. The first-order chi connectivity index (χ1) is 18.8. The van der Waals surface area contributed by atoms with Crippen LogP contribution in [0, 0.1) is 18.4 Å². The number of nitrogens with zero attached hydrogens (tertiary/aromatic N) is 1. The largest absolute Gasteiger partial charge is 0.462 e. The lowest BCUT2D eigenvalue weighted by Gasteiger charge is -2.38. The van der Waals surface area contributed by atoms with Crippen LogP contribution in [0.1, 0.15) is 46.6 Å². The number of nitrogens with two attached hydrogens (primary N) is 1. The van der Waals surface area contributed by atoms with Gasteiger partial charge in [-0.3, -0.25) is 14.5 Å². The highest BCUT2D eigenvalue weighted by atomic mass is 16.7. The molecule has 0 radical (unpaired) electrons. The van der Waals surface area contributed by atoms with Gasteiger partial charge in [0.05, 0.1) is 19.1 Å². The van der Waals surface area contributed by atoms with Crippen LogP contribution in [-0.4, -0.2) is 93.6 Å². The molecule has 1 heterocycles. The van der Waals surface area contributed by atoms with Crippen molar-refractivity contribution in [3.05, 3.63) is 29.8 Å². The topological polar surface area (TPSA) is 201 Å². The molecule has 2 rings (SSSR count). The SMILES string of the molecule is C#CO.CC.CC(C)[C@@H](C(N)=O)N(C)C(=O)OCc1ccc(NC(=O)CCO[C@@H]2O[C@H](C)C(O)[C@H](O)C2O)cc1. The number of rotatable bonds is 10. The average Bonchev–Trinajstić information content (AvgIpc) is 2.90. The Morgan fingerprint density at radius 2 is 1.68 bits per heavy atom. The molecule has 2 unspecified atom stereocenters. The van der Waals surface area contributed by atoms with Gasteiger partial charge in [-0.05, 0) is 30.5 Å². The van der Waals surface area contributed by atoms with E-state index in [-0.39, 0.29) is 31.5 Å². The van der Waals surface area contributed by atoms with E-state index in [9.17, 15) is 29.7 Å². The third kappa shape index (κ3) is 11.8.